The van der Waals surface area contributed by atoms with E-state index >= 15 is 0 Å². The molecule has 9 heteroatoms. The second-order valence-electron chi connectivity index (χ2n) is 6.35. The molecular weight excluding hydrogens is 427 g/mol. The highest BCUT2D eigenvalue weighted by molar-refractivity contribution is 6.35. The van der Waals surface area contributed by atoms with Crippen LogP contribution in [0.15, 0.2) is 75.3 Å². The number of aromatic nitrogens is 2. The molecule has 0 saturated carbocycles. The Morgan fingerprint density at radius 2 is 2.03 bits per heavy atom. The number of nitrogens with one attached hydrogen (secondary N) is 1. The number of para-hydroxylation sites is 1. The van der Waals surface area contributed by atoms with E-state index in [1.54, 1.807) is 59.4 Å². The van der Waals surface area contributed by atoms with Crippen LogP contribution in [-0.2, 0) is 6.54 Å². The highest BCUT2D eigenvalue weighted by Crippen LogP contribution is 2.21. The number of fused-ring (bicyclic) bond motifs is 1. The summed E-state index contributed by atoms with van der Waals surface area (Å²) in [5.41, 5.74) is 3.80. The molecule has 7 nitrogen and oxygen atoms in total. The van der Waals surface area contributed by atoms with Crippen LogP contribution in [0.5, 0.6) is 0 Å². The van der Waals surface area contributed by atoms with E-state index < -0.39 is 5.91 Å². The first-order valence-corrected chi connectivity index (χ1v) is 9.58. The molecule has 1 N–H and O–H groups in total. The normalized spacial score (nSPS) is 11.3. The highest BCUT2D eigenvalue weighted by Gasteiger charge is 2.10. The minimum atomic E-state index is -0.516. The Bertz CT molecular complexity index is 1330. The first-order chi connectivity index (χ1) is 14.5. The smallest absolute Gasteiger partial charge is 0.291 e. The summed E-state index contributed by atoms with van der Waals surface area (Å²) in [6, 6.07) is 13.6. The molecule has 0 aliphatic rings. The second-order valence-corrected chi connectivity index (χ2v) is 7.19. The molecule has 0 atom stereocenters. The second kappa shape index (κ2) is 8.52. The predicted molar refractivity (Wildman–Crippen MR) is 115 cm³/mol. The molecule has 0 unspecified atom stereocenters. The van der Waals surface area contributed by atoms with Crippen LogP contribution in [0.1, 0.15) is 21.6 Å². The summed E-state index contributed by atoms with van der Waals surface area (Å²) in [6.45, 7) is 0.380. The SMILES string of the molecule is O=C(NN=Cc1coc2ccccc2c1=O)c1ccn(Cc2ccc(Cl)cc2Cl)n1. The summed E-state index contributed by atoms with van der Waals surface area (Å²) in [5, 5.41) is 9.54. The molecule has 2 aromatic carbocycles. The van der Waals surface area contributed by atoms with Gasteiger partial charge in [-0.05, 0) is 35.9 Å². The van der Waals surface area contributed by atoms with E-state index in [-0.39, 0.29) is 16.7 Å². The highest BCUT2D eigenvalue weighted by atomic mass is 35.5. The molecule has 2 heterocycles. The fraction of sp³-hybridized carbons (Fsp3) is 0.0476. The zero-order valence-electron chi connectivity index (χ0n) is 15.4. The Kier molecular flexibility index (Phi) is 5.65. The molecule has 4 rings (SSSR count). The van der Waals surface area contributed by atoms with Gasteiger partial charge in [-0.3, -0.25) is 14.3 Å². The van der Waals surface area contributed by atoms with E-state index in [9.17, 15) is 9.59 Å². The van der Waals surface area contributed by atoms with Gasteiger partial charge in [0.2, 0.25) is 5.43 Å². The number of hydrazone groups is 1. The summed E-state index contributed by atoms with van der Waals surface area (Å²) in [4.78, 5) is 24.7. The molecule has 2 aromatic heterocycles. The molecule has 0 bridgehead atoms. The van der Waals surface area contributed by atoms with Crippen molar-refractivity contribution < 1.29 is 9.21 Å². The monoisotopic (exact) mass is 440 g/mol. The van der Waals surface area contributed by atoms with E-state index in [0.29, 0.717) is 27.6 Å². The van der Waals surface area contributed by atoms with Crippen molar-refractivity contribution in [1.82, 2.24) is 15.2 Å². The quantitative estimate of drug-likeness (QED) is 0.373. The van der Waals surface area contributed by atoms with Gasteiger partial charge in [0, 0.05) is 16.2 Å². The summed E-state index contributed by atoms with van der Waals surface area (Å²) < 4.78 is 6.98. The van der Waals surface area contributed by atoms with Crippen molar-refractivity contribution in [3.05, 3.63) is 98.1 Å². The van der Waals surface area contributed by atoms with Gasteiger partial charge in [0.25, 0.3) is 5.91 Å². The molecule has 30 heavy (non-hydrogen) atoms. The van der Waals surface area contributed by atoms with Crippen molar-refractivity contribution in [3.63, 3.8) is 0 Å². The average molecular weight is 441 g/mol. The number of hydrogen-bond acceptors (Lipinski definition) is 5. The maximum atomic E-state index is 12.4. The molecule has 0 saturated heterocycles. The number of benzene rings is 2. The number of hydrogen-bond donors (Lipinski definition) is 1. The molecule has 1 amide bonds. The summed E-state index contributed by atoms with van der Waals surface area (Å²) in [7, 11) is 0. The summed E-state index contributed by atoms with van der Waals surface area (Å²) in [6.07, 6.45) is 4.19. The van der Waals surface area contributed by atoms with Gasteiger partial charge in [-0.1, -0.05) is 41.4 Å². The maximum absolute atomic E-state index is 12.4. The van der Waals surface area contributed by atoms with Gasteiger partial charge in [0.05, 0.1) is 23.7 Å². The van der Waals surface area contributed by atoms with Gasteiger partial charge in [-0.15, -0.1) is 0 Å². The fourth-order valence-electron chi connectivity index (χ4n) is 2.80. The molecule has 150 valence electrons. The van der Waals surface area contributed by atoms with Crippen molar-refractivity contribution >= 4 is 46.3 Å². The Hall–Kier alpha value is -3.42. The zero-order valence-corrected chi connectivity index (χ0v) is 16.9. The minimum Gasteiger partial charge on any atom is -0.463 e. The van der Waals surface area contributed by atoms with Crippen molar-refractivity contribution in [2.24, 2.45) is 5.10 Å². The van der Waals surface area contributed by atoms with Crippen molar-refractivity contribution in [1.29, 1.82) is 0 Å². The largest absolute Gasteiger partial charge is 0.463 e. The van der Waals surface area contributed by atoms with Crippen molar-refractivity contribution in [3.8, 4) is 0 Å². The zero-order chi connectivity index (χ0) is 21.1. The Balaban J connectivity index is 1.43. The molecule has 0 fully saturated rings. The number of rotatable bonds is 5. The van der Waals surface area contributed by atoms with E-state index in [4.69, 9.17) is 27.6 Å². The molecule has 0 aliphatic heterocycles. The predicted octanol–water partition coefficient (Wildman–Crippen LogP) is 4.11. The van der Waals surface area contributed by atoms with Crippen molar-refractivity contribution in [2.75, 3.05) is 0 Å². The van der Waals surface area contributed by atoms with Crippen LogP contribution in [0, 0.1) is 0 Å². The van der Waals surface area contributed by atoms with Gasteiger partial charge in [0.15, 0.2) is 5.69 Å². The average Bonchev–Trinajstić information content (AvgIpc) is 3.21. The first-order valence-electron chi connectivity index (χ1n) is 8.82. The van der Waals surface area contributed by atoms with Crippen LogP contribution in [-0.4, -0.2) is 21.9 Å². The van der Waals surface area contributed by atoms with E-state index in [1.807, 2.05) is 0 Å². The Labute approximate surface area is 180 Å². The number of halogens is 2. The third-order valence-corrected chi connectivity index (χ3v) is 4.88. The first kappa shape index (κ1) is 19.9. The minimum absolute atomic E-state index is 0.169. The lowest BCUT2D eigenvalue weighted by Crippen LogP contribution is -2.19. The maximum Gasteiger partial charge on any atom is 0.291 e. The van der Waals surface area contributed by atoms with Crippen LogP contribution >= 0.6 is 23.2 Å². The lowest BCUT2D eigenvalue weighted by atomic mass is 10.2. The van der Waals surface area contributed by atoms with Crippen LogP contribution < -0.4 is 10.9 Å². The number of carbonyl (C=O) groups excluding carboxylic acids is 1. The summed E-state index contributed by atoms with van der Waals surface area (Å²) in [5.74, 6) is -0.516. The molecule has 4 aromatic rings. The standard InChI is InChI=1S/C21H14Cl2N4O3/c22-15-6-5-13(17(23)9-15)11-27-8-7-18(26-27)21(29)25-24-10-14-12-30-19-4-2-1-3-16(19)20(14)28/h1-10,12H,11H2,(H,25,29). The third kappa shape index (κ3) is 4.27. The fourth-order valence-corrected chi connectivity index (χ4v) is 3.26. The number of amides is 1. The van der Waals surface area contributed by atoms with Gasteiger partial charge >= 0.3 is 0 Å². The number of nitrogens with zero attached hydrogens (tertiary/aromatic N) is 3. The number of carbonyl (C=O) groups is 1. The van der Waals surface area contributed by atoms with Crippen LogP contribution in [0.4, 0.5) is 0 Å². The van der Waals surface area contributed by atoms with Gasteiger partial charge in [-0.2, -0.15) is 10.2 Å². The van der Waals surface area contributed by atoms with Crippen LogP contribution in [0.3, 0.4) is 0 Å². The van der Waals surface area contributed by atoms with Crippen molar-refractivity contribution in [2.45, 2.75) is 6.54 Å². The lowest BCUT2D eigenvalue weighted by Gasteiger charge is -2.05. The van der Waals surface area contributed by atoms with Gasteiger partial charge in [-0.25, -0.2) is 5.43 Å². The van der Waals surface area contributed by atoms with E-state index in [1.165, 1.54) is 12.5 Å². The Morgan fingerprint density at radius 3 is 2.87 bits per heavy atom. The summed E-state index contributed by atoms with van der Waals surface area (Å²) >= 11 is 12.1. The topological polar surface area (TPSA) is 89.5 Å². The van der Waals surface area contributed by atoms with Gasteiger partial charge < -0.3 is 4.42 Å². The lowest BCUT2D eigenvalue weighted by molar-refractivity contribution is 0.0949. The molecular formula is C21H14Cl2N4O3. The molecule has 0 aliphatic carbocycles. The van der Waals surface area contributed by atoms with Gasteiger partial charge in [0.1, 0.15) is 11.8 Å². The van der Waals surface area contributed by atoms with E-state index in [0.717, 1.165) is 5.56 Å². The molecule has 0 spiro atoms. The third-order valence-electron chi connectivity index (χ3n) is 4.30. The Morgan fingerprint density at radius 1 is 1.20 bits per heavy atom. The van der Waals surface area contributed by atoms with E-state index in [2.05, 4.69) is 15.6 Å². The van der Waals surface area contributed by atoms with Crippen LogP contribution in [0.2, 0.25) is 10.0 Å². The van der Waals surface area contributed by atoms with Crippen LogP contribution in [0.25, 0.3) is 11.0 Å². The molecule has 0 radical (unpaired) electrons.